The molecular weight excluding hydrogens is 290 g/mol. The molecule has 3 N–H and O–H groups in total. The molecule has 1 fully saturated rings. The monoisotopic (exact) mass is 309 g/mol. The van der Waals surface area contributed by atoms with E-state index in [4.69, 9.17) is 22.2 Å². The number of likely N-dealkylation sites (tertiary alicyclic amines) is 1. The Morgan fingerprint density at radius 1 is 1.38 bits per heavy atom. The molecule has 0 amide bonds. The number of guanidine groups is 1. The van der Waals surface area contributed by atoms with E-state index in [9.17, 15) is 0 Å². The number of hydrazone groups is 1. The lowest BCUT2D eigenvalue weighted by Crippen LogP contribution is -2.28. The molecule has 0 atom stereocenters. The summed E-state index contributed by atoms with van der Waals surface area (Å²) < 4.78 is 0. The third-order valence-corrected chi connectivity index (χ3v) is 3.49. The number of nitrogens with two attached hydrogens (primary N) is 1. The smallest absolute Gasteiger partial charge is 0.251 e. The van der Waals surface area contributed by atoms with E-state index in [0.29, 0.717) is 11.6 Å². The van der Waals surface area contributed by atoms with Crippen molar-refractivity contribution < 1.29 is 4.84 Å². The Balaban J connectivity index is 1.67. The summed E-state index contributed by atoms with van der Waals surface area (Å²) in [6, 6.07) is 7.39. The Labute approximate surface area is 129 Å². The lowest BCUT2D eigenvalue weighted by molar-refractivity contribution is 0.117. The average Bonchev–Trinajstić information content (AvgIpc) is 2.99. The molecule has 114 valence electrons. The van der Waals surface area contributed by atoms with Crippen molar-refractivity contribution in [3.63, 3.8) is 0 Å². The molecule has 6 nitrogen and oxygen atoms in total. The van der Waals surface area contributed by atoms with Crippen molar-refractivity contribution >= 4 is 23.8 Å². The summed E-state index contributed by atoms with van der Waals surface area (Å²) in [4.78, 5) is 7.48. The van der Waals surface area contributed by atoms with Crippen LogP contribution in [0.4, 0.5) is 0 Å². The van der Waals surface area contributed by atoms with Crippen LogP contribution in [-0.2, 0) is 4.84 Å². The van der Waals surface area contributed by atoms with Crippen LogP contribution < -0.4 is 11.2 Å². The summed E-state index contributed by atoms with van der Waals surface area (Å²) in [5.74, 6) is 0.111. The summed E-state index contributed by atoms with van der Waals surface area (Å²) in [5, 5.41) is 8.33. The molecule has 1 aromatic rings. The molecule has 0 spiro atoms. The minimum atomic E-state index is 0.111. The van der Waals surface area contributed by atoms with Gasteiger partial charge >= 0.3 is 0 Å². The number of nitrogens with zero attached hydrogens (tertiary/aromatic N) is 3. The van der Waals surface area contributed by atoms with Gasteiger partial charge in [-0.15, -0.1) is 0 Å². The molecule has 0 aliphatic carbocycles. The second-order valence-corrected chi connectivity index (χ2v) is 5.16. The molecule has 21 heavy (non-hydrogen) atoms. The first-order valence-electron chi connectivity index (χ1n) is 6.97. The Hall–Kier alpha value is -1.79. The predicted octanol–water partition coefficient (Wildman–Crippen LogP) is 1.61. The molecule has 1 aliphatic heterocycles. The summed E-state index contributed by atoms with van der Waals surface area (Å²) in [6.07, 6.45) is 4.11. The molecule has 0 unspecified atom stereocenters. The van der Waals surface area contributed by atoms with Gasteiger partial charge in [0.15, 0.2) is 0 Å². The molecule has 0 radical (unpaired) electrons. The van der Waals surface area contributed by atoms with Crippen LogP contribution in [0.5, 0.6) is 0 Å². The number of halogens is 1. The highest BCUT2D eigenvalue weighted by molar-refractivity contribution is 6.33. The fraction of sp³-hybridized carbons (Fsp3) is 0.429. The molecule has 0 bridgehead atoms. The molecule has 1 saturated heterocycles. The largest absolute Gasteiger partial charge is 0.391 e. The van der Waals surface area contributed by atoms with Crippen LogP contribution in [-0.4, -0.2) is 43.3 Å². The van der Waals surface area contributed by atoms with Gasteiger partial charge in [0.05, 0.1) is 6.21 Å². The fourth-order valence-corrected chi connectivity index (χ4v) is 2.24. The number of rotatable bonds is 6. The fourth-order valence-electron chi connectivity index (χ4n) is 2.06. The second kappa shape index (κ2) is 8.49. The Morgan fingerprint density at radius 2 is 2.14 bits per heavy atom. The van der Waals surface area contributed by atoms with E-state index in [1.54, 1.807) is 12.3 Å². The third kappa shape index (κ3) is 5.61. The zero-order chi connectivity index (χ0) is 14.9. The van der Waals surface area contributed by atoms with Crippen molar-refractivity contribution in [1.29, 1.82) is 0 Å². The minimum absolute atomic E-state index is 0.111. The quantitative estimate of drug-likeness (QED) is 0.362. The molecule has 2 rings (SSSR count). The first kappa shape index (κ1) is 15.6. The second-order valence-electron chi connectivity index (χ2n) is 4.75. The lowest BCUT2D eigenvalue weighted by atomic mass is 10.2. The van der Waals surface area contributed by atoms with Gasteiger partial charge in [-0.2, -0.15) is 5.10 Å². The van der Waals surface area contributed by atoms with Gasteiger partial charge in [-0.1, -0.05) is 29.8 Å². The van der Waals surface area contributed by atoms with E-state index in [2.05, 4.69) is 20.6 Å². The summed E-state index contributed by atoms with van der Waals surface area (Å²) in [7, 11) is 0. The maximum Gasteiger partial charge on any atom is 0.251 e. The van der Waals surface area contributed by atoms with Gasteiger partial charge in [-0.25, -0.2) is 5.43 Å². The van der Waals surface area contributed by atoms with Crippen molar-refractivity contribution in [3.05, 3.63) is 34.9 Å². The highest BCUT2D eigenvalue weighted by Gasteiger charge is 2.10. The first-order chi connectivity index (χ1) is 10.3. The van der Waals surface area contributed by atoms with Crippen molar-refractivity contribution in [3.8, 4) is 0 Å². The lowest BCUT2D eigenvalue weighted by Gasteiger charge is -2.12. The molecule has 1 heterocycles. The van der Waals surface area contributed by atoms with Gasteiger partial charge in [-0.05, 0) is 37.2 Å². The maximum absolute atomic E-state index is 5.99. The van der Waals surface area contributed by atoms with Crippen molar-refractivity contribution in [2.24, 2.45) is 16.0 Å². The van der Waals surface area contributed by atoms with E-state index in [0.717, 1.165) is 25.2 Å². The van der Waals surface area contributed by atoms with Gasteiger partial charge in [0.1, 0.15) is 6.61 Å². The van der Waals surface area contributed by atoms with Crippen molar-refractivity contribution in [2.45, 2.75) is 12.8 Å². The Bertz CT molecular complexity index is 500. The standard InChI is InChI=1S/C14H20ClN5O/c15-13-6-2-1-5-12(13)11-17-18-14(16)19-21-10-9-20-7-3-4-8-20/h1-2,5-6,11H,3-4,7-10H2,(H3,16,18,19)/b17-11+. The summed E-state index contributed by atoms with van der Waals surface area (Å²) in [6.45, 7) is 3.68. The van der Waals surface area contributed by atoms with E-state index >= 15 is 0 Å². The van der Waals surface area contributed by atoms with Gasteiger partial charge < -0.3 is 10.6 Å². The topological polar surface area (TPSA) is 75.2 Å². The average molecular weight is 310 g/mol. The van der Waals surface area contributed by atoms with Crippen LogP contribution in [0.3, 0.4) is 0 Å². The predicted molar refractivity (Wildman–Crippen MR) is 85.4 cm³/mol. The van der Waals surface area contributed by atoms with Crippen LogP contribution >= 0.6 is 11.6 Å². The van der Waals surface area contributed by atoms with Crippen LogP contribution in [0.15, 0.2) is 34.5 Å². The number of nitrogens with one attached hydrogen (secondary N) is 1. The third-order valence-electron chi connectivity index (χ3n) is 3.15. The number of benzene rings is 1. The maximum atomic E-state index is 5.99. The molecule has 1 aliphatic rings. The van der Waals surface area contributed by atoms with E-state index in [-0.39, 0.29) is 5.96 Å². The Kier molecular flexibility index (Phi) is 6.30. The van der Waals surface area contributed by atoms with Crippen LogP contribution in [0.1, 0.15) is 18.4 Å². The number of oxime groups is 1. The summed E-state index contributed by atoms with van der Waals surface area (Å²) >= 11 is 5.99. The molecule has 7 heteroatoms. The van der Waals surface area contributed by atoms with E-state index in [1.807, 2.05) is 18.2 Å². The molecule has 0 aromatic heterocycles. The summed E-state index contributed by atoms with van der Waals surface area (Å²) in [5.41, 5.74) is 9.01. The van der Waals surface area contributed by atoms with Gasteiger partial charge in [0.2, 0.25) is 0 Å². The highest BCUT2D eigenvalue weighted by atomic mass is 35.5. The highest BCUT2D eigenvalue weighted by Crippen LogP contribution is 2.11. The molecule has 1 aromatic carbocycles. The number of hydrogen-bond acceptors (Lipinski definition) is 4. The minimum Gasteiger partial charge on any atom is -0.391 e. The normalized spacial score (nSPS) is 16.5. The zero-order valence-electron chi connectivity index (χ0n) is 11.8. The first-order valence-corrected chi connectivity index (χ1v) is 7.35. The van der Waals surface area contributed by atoms with Gasteiger partial charge in [0, 0.05) is 17.1 Å². The van der Waals surface area contributed by atoms with Gasteiger partial charge in [0.25, 0.3) is 5.96 Å². The van der Waals surface area contributed by atoms with Crippen LogP contribution in [0.2, 0.25) is 5.02 Å². The van der Waals surface area contributed by atoms with Gasteiger partial charge in [-0.3, -0.25) is 4.90 Å². The molecular formula is C14H20ClN5O. The zero-order valence-corrected chi connectivity index (χ0v) is 12.6. The Morgan fingerprint density at radius 3 is 2.90 bits per heavy atom. The van der Waals surface area contributed by atoms with Crippen LogP contribution in [0, 0.1) is 0 Å². The van der Waals surface area contributed by atoms with Crippen LogP contribution in [0.25, 0.3) is 0 Å². The SMILES string of the molecule is N/C(=N\OCCN1CCCC1)N/N=C/c1ccccc1Cl. The van der Waals surface area contributed by atoms with E-state index < -0.39 is 0 Å². The number of hydrogen-bond donors (Lipinski definition) is 2. The van der Waals surface area contributed by atoms with Crippen molar-refractivity contribution in [2.75, 3.05) is 26.2 Å². The molecule has 0 saturated carbocycles. The van der Waals surface area contributed by atoms with Crippen molar-refractivity contribution in [1.82, 2.24) is 10.3 Å². The van der Waals surface area contributed by atoms with E-state index in [1.165, 1.54) is 12.8 Å².